The molecule has 3 heteroatoms. The summed E-state index contributed by atoms with van der Waals surface area (Å²) in [5.41, 5.74) is 1.17. The van der Waals surface area contributed by atoms with E-state index in [1.807, 2.05) is 24.3 Å². The van der Waals surface area contributed by atoms with Crippen molar-refractivity contribution in [3.63, 3.8) is 0 Å². The summed E-state index contributed by atoms with van der Waals surface area (Å²) in [6.07, 6.45) is 1.13. The minimum Gasteiger partial charge on any atom is -0.392 e. The van der Waals surface area contributed by atoms with Gasteiger partial charge in [-0.25, -0.2) is 0 Å². The third-order valence-corrected chi connectivity index (χ3v) is 2.47. The highest BCUT2D eigenvalue weighted by atomic mass is 35.5. The van der Waals surface area contributed by atoms with Crippen LogP contribution in [-0.2, 0) is 6.42 Å². The van der Waals surface area contributed by atoms with Gasteiger partial charge in [0.1, 0.15) is 0 Å². The largest absolute Gasteiger partial charge is 0.392 e. The van der Waals surface area contributed by atoms with Crippen LogP contribution < -0.4 is 0 Å². The minimum absolute atomic E-state index is 0.299. The summed E-state index contributed by atoms with van der Waals surface area (Å²) in [6, 6.07) is 7.63. The van der Waals surface area contributed by atoms with E-state index in [9.17, 15) is 5.11 Å². The van der Waals surface area contributed by atoms with Gasteiger partial charge in [0, 0.05) is 10.9 Å². The second-order valence-corrected chi connectivity index (χ2v) is 3.72. The zero-order valence-corrected chi connectivity index (χ0v) is 8.72. The molecule has 1 aromatic carbocycles. The van der Waals surface area contributed by atoms with E-state index < -0.39 is 6.10 Å². The molecule has 0 aliphatic rings. The Morgan fingerprint density at radius 3 is 2.38 bits per heavy atom. The van der Waals surface area contributed by atoms with Crippen LogP contribution in [0.1, 0.15) is 12.0 Å². The molecular formula is C10H12Cl2O. The Morgan fingerprint density at radius 1 is 1.23 bits per heavy atom. The smallest absolute Gasteiger partial charge is 0.0678 e. The fourth-order valence-electron chi connectivity index (χ4n) is 1.06. The molecule has 0 spiro atoms. The van der Waals surface area contributed by atoms with Gasteiger partial charge in [0.2, 0.25) is 0 Å². The quantitative estimate of drug-likeness (QED) is 0.772. The molecule has 72 valence electrons. The van der Waals surface area contributed by atoms with Crippen LogP contribution in [0.5, 0.6) is 0 Å². The topological polar surface area (TPSA) is 20.2 Å². The first-order valence-electron chi connectivity index (χ1n) is 4.21. The SMILES string of the molecule is O[C@@H](CCl)CCc1ccc(Cl)cc1. The lowest BCUT2D eigenvalue weighted by Gasteiger charge is -2.05. The third kappa shape index (κ3) is 3.99. The standard InChI is InChI=1S/C10H12Cl2O/c11-7-10(13)6-3-8-1-4-9(12)5-2-8/h1-2,4-5,10,13H,3,6-7H2/t10-/m1/s1. The van der Waals surface area contributed by atoms with Crippen molar-refractivity contribution in [3.05, 3.63) is 34.9 Å². The fourth-order valence-corrected chi connectivity index (χ4v) is 1.34. The molecule has 13 heavy (non-hydrogen) atoms. The van der Waals surface area contributed by atoms with Crippen molar-refractivity contribution >= 4 is 23.2 Å². The van der Waals surface area contributed by atoms with Crippen LogP contribution in [0.3, 0.4) is 0 Å². The number of hydrogen-bond donors (Lipinski definition) is 1. The molecule has 1 N–H and O–H groups in total. The second-order valence-electron chi connectivity index (χ2n) is 2.97. The van der Waals surface area contributed by atoms with E-state index in [1.54, 1.807) is 0 Å². The first kappa shape index (κ1) is 10.8. The average molecular weight is 219 g/mol. The molecule has 0 aliphatic carbocycles. The van der Waals surface area contributed by atoms with Gasteiger partial charge in [-0.15, -0.1) is 11.6 Å². The molecule has 0 saturated heterocycles. The van der Waals surface area contributed by atoms with Crippen molar-refractivity contribution in [1.82, 2.24) is 0 Å². The van der Waals surface area contributed by atoms with Gasteiger partial charge >= 0.3 is 0 Å². The zero-order chi connectivity index (χ0) is 9.68. The number of benzene rings is 1. The van der Waals surface area contributed by atoms with Crippen LogP contribution in [0.25, 0.3) is 0 Å². The zero-order valence-electron chi connectivity index (χ0n) is 7.21. The van der Waals surface area contributed by atoms with Gasteiger partial charge in [-0.05, 0) is 30.5 Å². The minimum atomic E-state index is -0.405. The van der Waals surface area contributed by atoms with Gasteiger partial charge < -0.3 is 5.11 Å². The molecule has 1 aromatic rings. The van der Waals surface area contributed by atoms with Crippen LogP contribution in [0.15, 0.2) is 24.3 Å². The van der Waals surface area contributed by atoms with Gasteiger partial charge in [0.15, 0.2) is 0 Å². The van der Waals surface area contributed by atoms with Gasteiger partial charge in [0.05, 0.1) is 6.10 Å². The molecule has 1 rings (SSSR count). The van der Waals surface area contributed by atoms with Crippen LogP contribution >= 0.6 is 23.2 Å². The molecule has 0 amide bonds. The molecule has 0 bridgehead atoms. The van der Waals surface area contributed by atoms with Crippen molar-refractivity contribution in [2.75, 3.05) is 5.88 Å². The number of aliphatic hydroxyl groups is 1. The number of aliphatic hydroxyl groups excluding tert-OH is 1. The lowest BCUT2D eigenvalue weighted by molar-refractivity contribution is 0.188. The van der Waals surface area contributed by atoms with Crippen molar-refractivity contribution < 1.29 is 5.11 Å². The van der Waals surface area contributed by atoms with E-state index in [1.165, 1.54) is 5.56 Å². The number of hydrogen-bond acceptors (Lipinski definition) is 1. The van der Waals surface area contributed by atoms with Crippen molar-refractivity contribution in [3.8, 4) is 0 Å². The predicted octanol–water partition coefficient (Wildman–Crippen LogP) is 2.87. The Bertz CT molecular complexity index is 246. The predicted molar refractivity (Wildman–Crippen MR) is 56.5 cm³/mol. The van der Waals surface area contributed by atoms with E-state index in [2.05, 4.69) is 0 Å². The highest BCUT2D eigenvalue weighted by Gasteiger charge is 2.01. The van der Waals surface area contributed by atoms with Crippen LogP contribution in [0.2, 0.25) is 5.02 Å². The number of rotatable bonds is 4. The maximum absolute atomic E-state index is 9.22. The molecule has 1 atom stereocenters. The summed E-state index contributed by atoms with van der Waals surface area (Å²) in [5.74, 6) is 0.299. The number of aryl methyl sites for hydroxylation is 1. The molecule has 0 saturated carbocycles. The highest BCUT2D eigenvalue weighted by Crippen LogP contribution is 2.11. The van der Waals surface area contributed by atoms with E-state index >= 15 is 0 Å². The lowest BCUT2D eigenvalue weighted by Crippen LogP contribution is -2.09. The molecule has 1 nitrogen and oxygen atoms in total. The second kappa shape index (κ2) is 5.48. The lowest BCUT2D eigenvalue weighted by atomic mass is 10.1. The molecule has 0 aliphatic heterocycles. The fraction of sp³-hybridized carbons (Fsp3) is 0.400. The molecule has 0 aromatic heterocycles. The maximum Gasteiger partial charge on any atom is 0.0678 e. The van der Waals surface area contributed by atoms with E-state index in [4.69, 9.17) is 23.2 Å². The average Bonchev–Trinajstić information content (AvgIpc) is 2.16. The van der Waals surface area contributed by atoms with Crippen molar-refractivity contribution in [2.24, 2.45) is 0 Å². The summed E-state index contributed by atoms with van der Waals surface area (Å²) < 4.78 is 0. The first-order chi connectivity index (χ1) is 6.22. The van der Waals surface area contributed by atoms with Gasteiger partial charge in [-0.3, -0.25) is 0 Å². The van der Waals surface area contributed by atoms with Crippen molar-refractivity contribution in [1.29, 1.82) is 0 Å². The first-order valence-corrected chi connectivity index (χ1v) is 5.12. The van der Waals surface area contributed by atoms with E-state index in [-0.39, 0.29) is 0 Å². The molecule has 0 unspecified atom stereocenters. The Balaban J connectivity index is 2.41. The Kier molecular flexibility index (Phi) is 4.57. The van der Waals surface area contributed by atoms with E-state index in [0.29, 0.717) is 12.3 Å². The van der Waals surface area contributed by atoms with Crippen molar-refractivity contribution in [2.45, 2.75) is 18.9 Å². The molecule has 0 heterocycles. The Morgan fingerprint density at radius 2 is 1.85 bits per heavy atom. The number of alkyl halides is 1. The van der Waals surface area contributed by atoms with Gasteiger partial charge in [-0.1, -0.05) is 23.7 Å². The maximum atomic E-state index is 9.22. The molecule has 0 fully saturated rings. The third-order valence-electron chi connectivity index (χ3n) is 1.86. The summed E-state index contributed by atoms with van der Waals surface area (Å²) in [6.45, 7) is 0. The van der Waals surface area contributed by atoms with Gasteiger partial charge in [0.25, 0.3) is 0 Å². The Hall–Kier alpha value is -0.240. The summed E-state index contributed by atoms with van der Waals surface area (Å²) >= 11 is 11.2. The highest BCUT2D eigenvalue weighted by molar-refractivity contribution is 6.30. The van der Waals surface area contributed by atoms with E-state index in [0.717, 1.165) is 11.4 Å². The normalized spacial score (nSPS) is 12.8. The molecule has 0 radical (unpaired) electrons. The van der Waals surface area contributed by atoms with Crippen LogP contribution in [0.4, 0.5) is 0 Å². The Labute approximate surface area is 88.3 Å². The van der Waals surface area contributed by atoms with Gasteiger partial charge in [-0.2, -0.15) is 0 Å². The summed E-state index contributed by atoms with van der Waals surface area (Å²) in [4.78, 5) is 0. The molecular weight excluding hydrogens is 207 g/mol. The van der Waals surface area contributed by atoms with Crippen LogP contribution in [-0.4, -0.2) is 17.1 Å². The monoisotopic (exact) mass is 218 g/mol. The summed E-state index contributed by atoms with van der Waals surface area (Å²) in [7, 11) is 0. The summed E-state index contributed by atoms with van der Waals surface area (Å²) in [5, 5.41) is 9.95. The number of halogens is 2. The van der Waals surface area contributed by atoms with Crippen LogP contribution in [0, 0.1) is 0 Å².